The summed E-state index contributed by atoms with van der Waals surface area (Å²) in [4.78, 5) is 24.1. The molecule has 158 valence electrons. The predicted molar refractivity (Wildman–Crippen MR) is 106 cm³/mol. The number of pyridine rings is 1. The van der Waals surface area contributed by atoms with Crippen LogP contribution in [0.2, 0.25) is 0 Å². The second-order valence-electron chi connectivity index (χ2n) is 6.91. The molecule has 0 aromatic carbocycles. The van der Waals surface area contributed by atoms with Crippen LogP contribution in [0.3, 0.4) is 0 Å². The monoisotopic (exact) mass is 448 g/mol. The van der Waals surface area contributed by atoms with E-state index in [1.54, 1.807) is 0 Å². The van der Waals surface area contributed by atoms with E-state index in [1.165, 1.54) is 11.8 Å². The molecule has 0 saturated carbocycles. The highest BCUT2D eigenvalue weighted by atomic mass is 35.5. The predicted octanol–water partition coefficient (Wildman–Crippen LogP) is 3.31. The van der Waals surface area contributed by atoms with Crippen LogP contribution in [0.15, 0.2) is 17.1 Å². The molecule has 10 heteroatoms. The standard InChI is InChI=1S/C19H20ClF3N2O3S/c20-17-12(2-1-11-3-5-28-6-4-11)7-15(29-17)18(26)24-13-8-14(21)19(27)25(9-13)10-16(22)23/h8-9,11-12,15-17H,3-7,10H2,(H,24,26). The van der Waals surface area contributed by atoms with E-state index in [4.69, 9.17) is 16.3 Å². The van der Waals surface area contributed by atoms with Gasteiger partial charge in [0.05, 0.1) is 22.2 Å². The molecule has 1 N–H and O–H groups in total. The molecule has 0 bridgehead atoms. The average molecular weight is 449 g/mol. The van der Waals surface area contributed by atoms with Crippen LogP contribution < -0.4 is 10.9 Å². The number of carbonyl (C=O) groups is 1. The summed E-state index contributed by atoms with van der Waals surface area (Å²) in [6, 6.07) is 0.822. The lowest BCUT2D eigenvalue weighted by atomic mass is 9.98. The molecular formula is C19H20ClF3N2O3S. The van der Waals surface area contributed by atoms with Gasteiger partial charge < -0.3 is 14.6 Å². The molecule has 3 rings (SSSR count). The van der Waals surface area contributed by atoms with Crippen molar-refractivity contribution in [3.63, 3.8) is 0 Å². The van der Waals surface area contributed by atoms with Crippen molar-refractivity contribution < 1.29 is 22.7 Å². The first-order valence-electron chi connectivity index (χ1n) is 9.21. The molecule has 0 aliphatic carbocycles. The molecule has 2 aliphatic heterocycles. The molecule has 29 heavy (non-hydrogen) atoms. The maximum absolute atomic E-state index is 13.7. The summed E-state index contributed by atoms with van der Waals surface area (Å²) >= 11 is 7.59. The summed E-state index contributed by atoms with van der Waals surface area (Å²) in [5.74, 6) is 4.86. The van der Waals surface area contributed by atoms with Crippen molar-refractivity contribution in [2.24, 2.45) is 11.8 Å². The summed E-state index contributed by atoms with van der Waals surface area (Å²) in [6.07, 6.45) is 0.374. The molecule has 1 amide bonds. The van der Waals surface area contributed by atoms with Gasteiger partial charge in [0.25, 0.3) is 12.0 Å². The van der Waals surface area contributed by atoms with Gasteiger partial charge in [-0.3, -0.25) is 9.59 Å². The number of hydrogen-bond donors (Lipinski definition) is 1. The molecule has 3 unspecified atom stereocenters. The van der Waals surface area contributed by atoms with Crippen molar-refractivity contribution in [3.05, 3.63) is 28.4 Å². The van der Waals surface area contributed by atoms with E-state index in [2.05, 4.69) is 17.2 Å². The average Bonchev–Trinajstić information content (AvgIpc) is 3.05. The zero-order valence-electron chi connectivity index (χ0n) is 15.4. The van der Waals surface area contributed by atoms with Gasteiger partial charge >= 0.3 is 0 Å². The van der Waals surface area contributed by atoms with Crippen molar-refractivity contribution in [1.29, 1.82) is 0 Å². The number of rotatable bonds is 4. The van der Waals surface area contributed by atoms with Crippen LogP contribution in [0.1, 0.15) is 19.3 Å². The van der Waals surface area contributed by atoms with E-state index in [-0.39, 0.29) is 22.2 Å². The van der Waals surface area contributed by atoms with Gasteiger partial charge in [-0.25, -0.2) is 13.2 Å². The number of hydrogen-bond acceptors (Lipinski definition) is 4. The smallest absolute Gasteiger partial charge is 0.286 e. The molecule has 2 aliphatic rings. The molecule has 1 aromatic rings. The van der Waals surface area contributed by atoms with E-state index in [0.717, 1.165) is 25.1 Å². The van der Waals surface area contributed by atoms with E-state index >= 15 is 0 Å². The summed E-state index contributed by atoms with van der Waals surface area (Å²) in [6.45, 7) is 0.433. The van der Waals surface area contributed by atoms with E-state index < -0.39 is 35.5 Å². The van der Waals surface area contributed by atoms with E-state index in [1.807, 2.05) is 0 Å². The molecule has 2 fully saturated rings. The second-order valence-corrected chi connectivity index (χ2v) is 8.99. The summed E-state index contributed by atoms with van der Waals surface area (Å²) in [7, 11) is 0. The fourth-order valence-corrected chi connectivity index (χ4v) is 4.90. The van der Waals surface area contributed by atoms with Crippen LogP contribution in [0, 0.1) is 29.5 Å². The lowest BCUT2D eigenvalue weighted by Gasteiger charge is -2.17. The molecule has 3 heterocycles. The van der Waals surface area contributed by atoms with Gasteiger partial charge in [-0.05, 0) is 19.3 Å². The number of anilines is 1. The molecule has 3 atom stereocenters. The Morgan fingerprint density at radius 3 is 2.79 bits per heavy atom. The Labute approximate surface area is 175 Å². The maximum atomic E-state index is 13.7. The number of amides is 1. The van der Waals surface area contributed by atoms with Gasteiger partial charge in [0.1, 0.15) is 0 Å². The zero-order chi connectivity index (χ0) is 21.0. The molecule has 0 radical (unpaired) electrons. The van der Waals surface area contributed by atoms with E-state index in [9.17, 15) is 22.8 Å². The van der Waals surface area contributed by atoms with Crippen LogP contribution in [0.25, 0.3) is 0 Å². The molecule has 5 nitrogen and oxygen atoms in total. The minimum absolute atomic E-state index is 0.0591. The molecule has 1 aromatic heterocycles. The van der Waals surface area contributed by atoms with Crippen LogP contribution in [-0.2, 0) is 16.1 Å². The zero-order valence-corrected chi connectivity index (χ0v) is 16.9. The highest BCUT2D eigenvalue weighted by Gasteiger charge is 2.37. The van der Waals surface area contributed by atoms with Gasteiger partial charge in [-0.2, -0.15) is 0 Å². The van der Waals surface area contributed by atoms with Gasteiger partial charge in [-0.15, -0.1) is 23.4 Å². The number of aromatic nitrogens is 1. The quantitative estimate of drug-likeness (QED) is 0.567. The normalized spacial score (nSPS) is 24.9. The van der Waals surface area contributed by atoms with Crippen molar-refractivity contribution >= 4 is 35.0 Å². The van der Waals surface area contributed by atoms with Crippen LogP contribution in [0.5, 0.6) is 0 Å². The second kappa shape index (κ2) is 9.92. The van der Waals surface area contributed by atoms with Crippen molar-refractivity contribution in [2.75, 3.05) is 18.5 Å². The largest absolute Gasteiger partial charge is 0.381 e. The third-order valence-electron chi connectivity index (χ3n) is 4.71. The number of alkyl halides is 3. The van der Waals surface area contributed by atoms with Crippen LogP contribution >= 0.6 is 23.4 Å². The van der Waals surface area contributed by atoms with Crippen LogP contribution in [-0.4, -0.2) is 40.1 Å². The molecule has 0 spiro atoms. The van der Waals surface area contributed by atoms with Crippen molar-refractivity contribution in [2.45, 2.75) is 42.2 Å². The van der Waals surface area contributed by atoms with Crippen molar-refractivity contribution in [1.82, 2.24) is 4.57 Å². The lowest BCUT2D eigenvalue weighted by Crippen LogP contribution is -2.28. The Kier molecular flexibility index (Phi) is 7.55. The minimum Gasteiger partial charge on any atom is -0.381 e. The summed E-state index contributed by atoms with van der Waals surface area (Å²) in [5.41, 5.74) is -1.22. The number of nitrogens with one attached hydrogen (secondary N) is 1. The Morgan fingerprint density at radius 2 is 2.10 bits per heavy atom. The van der Waals surface area contributed by atoms with Crippen LogP contribution in [0.4, 0.5) is 18.9 Å². The summed E-state index contributed by atoms with van der Waals surface area (Å²) in [5, 5.41) is 1.98. The SMILES string of the molecule is O=C(Nc1cc(F)c(=O)n(CC(F)F)c1)C1CC(C#CC2CCOCC2)C(Cl)S1. The van der Waals surface area contributed by atoms with Gasteiger partial charge in [0, 0.05) is 37.3 Å². The maximum Gasteiger partial charge on any atom is 0.286 e. The van der Waals surface area contributed by atoms with Gasteiger partial charge in [-0.1, -0.05) is 11.8 Å². The first kappa shape index (κ1) is 22.1. The number of nitrogens with zero attached hydrogens (tertiary/aromatic N) is 1. The number of carbonyl (C=O) groups excluding carboxylic acids is 1. The van der Waals surface area contributed by atoms with Gasteiger partial charge in [0.2, 0.25) is 5.91 Å². The topological polar surface area (TPSA) is 60.3 Å². The fourth-order valence-electron chi connectivity index (χ4n) is 3.18. The highest BCUT2D eigenvalue weighted by Crippen LogP contribution is 2.41. The Morgan fingerprint density at radius 1 is 1.38 bits per heavy atom. The first-order valence-corrected chi connectivity index (χ1v) is 10.6. The van der Waals surface area contributed by atoms with E-state index in [0.29, 0.717) is 24.2 Å². The number of thioether (sulfide) groups is 1. The van der Waals surface area contributed by atoms with Gasteiger partial charge in [0.15, 0.2) is 5.82 Å². The lowest BCUT2D eigenvalue weighted by molar-refractivity contribution is -0.115. The third-order valence-corrected chi connectivity index (χ3v) is 6.65. The number of ether oxygens (including phenoxy) is 1. The first-order chi connectivity index (χ1) is 13.8. The fraction of sp³-hybridized carbons (Fsp3) is 0.579. The Balaban J connectivity index is 1.63. The summed E-state index contributed by atoms with van der Waals surface area (Å²) < 4.78 is 44.3. The molecular weight excluding hydrogens is 429 g/mol. The minimum atomic E-state index is -2.82. The van der Waals surface area contributed by atoms with Crippen molar-refractivity contribution in [3.8, 4) is 11.8 Å². The third kappa shape index (κ3) is 5.93. The molecule has 2 saturated heterocycles. The number of halogens is 4. The Bertz CT molecular complexity index is 864. The Hall–Kier alpha value is -1.63. The highest BCUT2D eigenvalue weighted by molar-refractivity contribution is 8.02.